The van der Waals surface area contributed by atoms with Crippen molar-refractivity contribution in [1.82, 2.24) is 4.98 Å². The van der Waals surface area contributed by atoms with Gasteiger partial charge in [0, 0.05) is 7.11 Å². The number of thiazole rings is 1. The Morgan fingerprint density at radius 2 is 2.40 bits per heavy atom. The number of methoxy groups -OCH3 is 1. The first kappa shape index (κ1) is 11.9. The zero-order valence-corrected chi connectivity index (χ0v) is 9.72. The predicted molar refractivity (Wildman–Crippen MR) is 58.7 cm³/mol. The van der Waals surface area contributed by atoms with E-state index in [1.54, 1.807) is 7.11 Å². The van der Waals surface area contributed by atoms with Gasteiger partial charge in [0.15, 0.2) is 5.13 Å². The number of aromatic carboxylic acids is 1. The van der Waals surface area contributed by atoms with Crippen molar-refractivity contribution in [2.75, 3.05) is 19.0 Å². The molecule has 0 bridgehead atoms. The summed E-state index contributed by atoms with van der Waals surface area (Å²) in [6.07, 6.45) is 1.35. The van der Waals surface area contributed by atoms with Crippen molar-refractivity contribution in [2.45, 2.75) is 19.4 Å². The molecule has 1 aromatic rings. The topological polar surface area (TPSA) is 71.5 Å². The van der Waals surface area contributed by atoms with E-state index >= 15 is 0 Å². The molecular formula is C9H14N2O3S. The van der Waals surface area contributed by atoms with Crippen LogP contribution in [-0.4, -0.2) is 35.3 Å². The number of aromatic nitrogens is 1. The van der Waals surface area contributed by atoms with Crippen LogP contribution >= 0.6 is 11.3 Å². The van der Waals surface area contributed by atoms with E-state index in [1.807, 2.05) is 13.8 Å². The van der Waals surface area contributed by atoms with Crippen LogP contribution < -0.4 is 5.32 Å². The molecule has 1 heterocycles. The van der Waals surface area contributed by atoms with E-state index < -0.39 is 5.97 Å². The van der Waals surface area contributed by atoms with E-state index in [4.69, 9.17) is 9.84 Å². The molecule has 0 saturated heterocycles. The Kier molecular flexibility index (Phi) is 3.65. The highest BCUT2D eigenvalue weighted by molar-refractivity contribution is 7.17. The maximum atomic E-state index is 10.6. The van der Waals surface area contributed by atoms with Gasteiger partial charge in [-0.25, -0.2) is 9.78 Å². The van der Waals surface area contributed by atoms with Gasteiger partial charge in [-0.05, 0) is 13.8 Å². The quantitative estimate of drug-likeness (QED) is 0.805. The van der Waals surface area contributed by atoms with Crippen molar-refractivity contribution in [3.63, 3.8) is 0 Å². The second-order valence-electron chi connectivity index (χ2n) is 3.78. The molecule has 0 saturated carbocycles. The largest absolute Gasteiger partial charge is 0.477 e. The number of nitrogens with one attached hydrogen (secondary N) is 1. The van der Waals surface area contributed by atoms with Crippen LogP contribution in [0.15, 0.2) is 6.20 Å². The van der Waals surface area contributed by atoms with Crippen molar-refractivity contribution < 1.29 is 14.6 Å². The Hall–Kier alpha value is -1.14. The first-order valence-electron chi connectivity index (χ1n) is 4.41. The number of anilines is 1. The average Bonchev–Trinajstić information content (AvgIpc) is 2.51. The molecule has 0 spiro atoms. The fourth-order valence-corrected chi connectivity index (χ4v) is 1.95. The molecule has 0 radical (unpaired) electrons. The minimum Gasteiger partial charge on any atom is -0.477 e. The molecule has 0 fully saturated rings. The first-order chi connectivity index (χ1) is 6.94. The Morgan fingerprint density at radius 1 is 1.73 bits per heavy atom. The average molecular weight is 230 g/mol. The minimum absolute atomic E-state index is 0.228. The zero-order chi connectivity index (χ0) is 11.5. The molecular weight excluding hydrogens is 216 g/mol. The molecule has 1 aromatic heterocycles. The summed E-state index contributed by atoms with van der Waals surface area (Å²) in [5, 5.41) is 12.4. The van der Waals surface area contributed by atoms with E-state index in [9.17, 15) is 4.79 Å². The highest BCUT2D eigenvalue weighted by Gasteiger charge is 2.19. The summed E-state index contributed by atoms with van der Waals surface area (Å²) >= 11 is 1.12. The maximum Gasteiger partial charge on any atom is 0.347 e. The third kappa shape index (κ3) is 3.49. The van der Waals surface area contributed by atoms with Gasteiger partial charge in [0.2, 0.25) is 0 Å². The SMILES string of the molecule is COCC(C)(C)Nc1ncc(C(=O)O)s1. The molecule has 0 aliphatic carbocycles. The smallest absolute Gasteiger partial charge is 0.347 e. The molecule has 0 aliphatic rings. The summed E-state index contributed by atoms with van der Waals surface area (Å²) in [4.78, 5) is 14.8. The van der Waals surface area contributed by atoms with Crippen LogP contribution in [0, 0.1) is 0 Å². The van der Waals surface area contributed by atoms with Crippen molar-refractivity contribution in [2.24, 2.45) is 0 Å². The number of carboxylic acid groups (broad SMARTS) is 1. The predicted octanol–water partition coefficient (Wildman–Crippen LogP) is 1.68. The van der Waals surface area contributed by atoms with E-state index in [0.717, 1.165) is 11.3 Å². The van der Waals surface area contributed by atoms with Gasteiger partial charge in [-0.1, -0.05) is 11.3 Å². The number of hydrogen-bond acceptors (Lipinski definition) is 5. The maximum absolute atomic E-state index is 10.6. The molecule has 15 heavy (non-hydrogen) atoms. The highest BCUT2D eigenvalue weighted by atomic mass is 32.1. The standard InChI is InChI=1S/C9H14N2O3S/c1-9(2,5-14-3)11-8-10-4-6(15-8)7(12)13/h4H,5H2,1-3H3,(H,10,11)(H,12,13). The molecule has 5 nitrogen and oxygen atoms in total. The van der Waals surface area contributed by atoms with Gasteiger partial charge in [0.05, 0.1) is 18.3 Å². The van der Waals surface area contributed by atoms with Gasteiger partial charge in [-0.3, -0.25) is 0 Å². The van der Waals surface area contributed by atoms with Gasteiger partial charge < -0.3 is 15.2 Å². The van der Waals surface area contributed by atoms with Crippen LogP contribution in [0.4, 0.5) is 5.13 Å². The number of ether oxygens (including phenoxy) is 1. The molecule has 0 unspecified atom stereocenters. The molecule has 0 atom stereocenters. The van der Waals surface area contributed by atoms with Crippen LogP contribution in [0.2, 0.25) is 0 Å². The third-order valence-electron chi connectivity index (χ3n) is 1.67. The van der Waals surface area contributed by atoms with E-state index in [2.05, 4.69) is 10.3 Å². The van der Waals surface area contributed by atoms with Gasteiger partial charge in [-0.15, -0.1) is 0 Å². The first-order valence-corrected chi connectivity index (χ1v) is 5.22. The van der Waals surface area contributed by atoms with Crippen molar-refractivity contribution in [3.05, 3.63) is 11.1 Å². The molecule has 1 rings (SSSR count). The van der Waals surface area contributed by atoms with Gasteiger partial charge >= 0.3 is 5.97 Å². The van der Waals surface area contributed by atoms with Crippen LogP contribution in [0.25, 0.3) is 0 Å². The lowest BCUT2D eigenvalue weighted by molar-refractivity contribution is 0.0702. The molecule has 0 aliphatic heterocycles. The lowest BCUT2D eigenvalue weighted by Crippen LogP contribution is -2.35. The third-order valence-corrected chi connectivity index (χ3v) is 2.57. The van der Waals surface area contributed by atoms with Crippen molar-refractivity contribution in [1.29, 1.82) is 0 Å². The van der Waals surface area contributed by atoms with Crippen molar-refractivity contribution in [3.8, 4) is 0 Å². The minimum atomic E-state index is -0.954. The number of carbonyl (C=O) groups is 1. The summed E-state index contributed by atoms with van der Waals surface area (Å²) in [5.74, 6) is -0.954. The normalized spacial score (nSPS) is 11.4. The molecule has 0 amide bonds. The van der Waals surface area contributed by atoms with E-state index in [0.29, 0.717) is 11.7 Å². The number of nitrogens with zero attached hydrogens (tertiary/aromatic N) is 1. The Balaban J connectivity index is 2.68. The summed E-state index contributed by atoms with van der Waals surface area (Å²) in [6.45, 7) is 4.44. The number of rotatable bonds is 5. The second kappa shape index (κ2) is 4.59. The molecule has 0 aromatic carbocycles. The van der Waals surface area contributed by atoms with Crippen LogP contribution in [0.5, 0.6) is 0 Å². The van der Waals surface area contributed by atoms with Crippen LogP contribution in [0.3, 0.4) is 0 Å². The lowest BCUT2D eigenvalue weighted by atomic mass is 10.1. The lowest BCUT2D eigenvalue weighted by Gasteiger charge is -2.24. The Bertz CT molecular complexity index is 349. The number of carboxylic acids is 1. The number of hydrogen-bond donors (Lipinski definition) is 2. The Labute approximate surface area is 92.1 Å². The summed E-state index contributed by atoms with van der Waals surface area (Å²) in [6, 6.07) is 0. The summed E-state index contributed by atoms with van der Waals surface area (Å²) < 4.78 is 5.03. The highest BCUT2D eigenvalue weighted by Crippen LogP contribution is 2.21. The molecule has 84 valence electrons. The van der Waals surface area contributed by atoms with Crippen LogP contribution in [0.1, 0.15) is 23.5 Å². The molecule has 2 N–H and O–H groups in total. The van der Waals surface area contributed by atoms with E-state index in [1.165, 1.54) is 6.20 Å². The fourth-order valence-electron chi connectivity index (χ4n) is 1.12. The van der Waals surface area contributed by atoms with Gasteiger partial charge in [0.1, 0.15) is 4.88 Å². The zero-order valence-electron chi connectivity index (χ0n) is 8.90. The molecule has 6 heteroatoms. The van der Waals surface area contributed by atoms with Gasteiger partial charge in [-0.2, -0.15) is 0 Å². The monoisotopic (exact) mass is 230 g/mol. The van der Waals surface area contributed by atoms with Crippen LogP contribution in [-0.2, 0) is 4.74 Å². The summed E-state index contributed by atoms with van der Waals surface area (Å²) in [5.41, 5.74) is -0.262. The second-order valence-corrected chi connectivity index (χ2v) is 4.81. The Morgan fingerprint density at radius 3 is 2.87 bits per heavy atom. The summed E-state index contributed by atoms with van der Waals surface area (Å²) in [7, 11) is 1.62. The van der Waals surface area contributed by atoms with E-state index in [-0.39, 0.29) is 10.4 Å². The van der Waals surface area contributed by atoms with Gasteiger partial charge in [0.25, 0.3) is 0 Å². The fraction of sp³-hybridized carbons (Fsp3) is 0.556. The van der Waals surface area contributed by atoms with Crippen molar-refractivity contribution >= 4 is 22.4 Å².